The minimum Gasteiger partial charge on any atom is -0.229 e. The monoisotopic (exact) mass is 282 g/mol. The lowest BCUT2D eigenvalue weighted by atomic mass is 10.2. The average molecular weight is 283 g/mol. The number of halogens is 1. The van der Waals surface area contributed by atoms with Gasteiger partial charge < -0.3 is 0 Å². The van der Waals surface area contributed by atoms with Crippen LogP contribution in [0.1, 0.15) is 11.1 Å². The van der Waals surface area contributed by atoms with Crippen LogP contribution in [0.4, 0.5) is 0 Å². The van der Waals surface area contributed by atoms with Crippen LogP contribution in [0, 0.1) is 0 Å². The molecule has 0 amide bonds. The molecule has 0 fully saturated rings. The lowest BCUT2D eigenvalue weighted by Crippen LogP contribution is -2.01. The predicted molar refractivity (Wildman–Crippen MR) is 63.5 cm³/mol. The molecule has 0 saturated heterocycles. The molecule has 0 heterocycles. The van der Waals surface area contributed by atoms with E-state index in [1.165, 1.54) is 0 Å². The van der Waals surface area contributed by atoms with Gasteiger partial charge in [0, 0.05) is 16.9 Å². The van der Waals surface area contributed by atoms with Crippen molar-refractivity contribution < 1.29 is 16.8 Å². The van der Waals surface area contributed by atoms with Crippen molar-refractivity contribution in [1.82, 2.24) is 0 Å². The minimum atomic E-state index is -3.57. The fourth-order valence-corrected chi connectivity index (χ4v) is 3.00. The van der Waals surface area contributed by atoms with Crippen LogP contribution in [0.2, 0.25) is 0 Å². The van der Waals surface area contributed by atoms with E-state index in [1.54, 1.807) is 24.3 Å². The van der Waals surface area contributed by atoms with Gasteiger partial charge in [0.2, 0.25) is 9.05 Å². The molecule has 0 spiro atoms. The number of rotatable bonds is 4. The van der Waals surface area contributed by atoms with Gasteiger partial charge in [-0.15, -0.1) is 0 Å². The van der Waals surface area contributed by atoms with Crippen LogP contribution in [-0.4, -0.2) is 23.1 Å². The Hall–Kier alpha value is -0.590. The molecule has 1 aromatic rings. The number of hydrogen-bond donors (Lipinski definition) is 0. The van der Waals surface area contributed by atoms with Crippen LogP contribution in [0.5, 0.6) is 0 Å². The Labute approximate surface area is 99.6 Å². The molecule has 16 heavy (non-hydrogen) atoms. The van der Waals surface area contributed by atoms with Gasteiger partial charge in [0.05, 0.1) is 11.5 Å². The Kier molecular flexibility index (Phi) is 3.98. The molecule has 0 radical (unpaired) electrons. The first-order valence-corrected chi connectivity index (χ1v) is 8.87. The van der Waals surface area contributed by atoms with Crippen LogP contribution < -0.4 is 0 Å². The smallest absolute Gasteiger partial charge is 0.229 e. The van der Waals surface area contributed by atoms with Crippen LogP contribution >= 0.6 is 10.7 Å². The van der Waals surface area contributed by atoms with Gasteiger partial charge in [-0.2, -0.15) is 0 Å². The Balaban J connectivity index is 2.84. The summed E-state index contributed by atoms with van der Waals surface area (Å²) in [5.74, 6) is -0.311. The van der Waals surface area contributed by atoms with Gasteiger partial charge in [-0.1, -0.05) is 24.3 Å². The van der Waals surface area contributed by atoms with Gasteiger partial charge in [0.15, 0.2) is 9.84 Å². The molecular weight excluding hydrogens is 272 g/mol. The summed E-state index contributed by atoms with van der Waals surface area (Å²) in [5, 5.41) is 0. The highest BCUT2D eigenvalue weighted by molar-refractivity contribution is 8.13. The molecular formula is C9H11ClO4S2. The van der Waals surface area contributed by atoms with Crippen molar-refractivity contribution in [2.45, 2.75) is 11.5 Å². The largest absolute Gasteiger partial charge is 0.236 e. The van der Waals surface area contributed by atoms with E-state index in [1.807, 2.05) is 0 Å². The van der Waals surface area contributed by atoms with E-state index >= 15 is 0 Å². The highest BCUT2D eigenvalue weighted by atomic mass is 35.7. The van der Waals surface area contributed by atoms with Crippen molar-refractivity contribution >= 4 is 29.6 Å². The molecule has 0 unspecified atom stereocenters. The van der Waals surface area contributed by atoms with Gasteiger partial charge in [0.25, 0.3) is 0 Å². The zero-order valence-electron chi connectivity index (χ0n) is 8.55. The molecule has 0 saturated carbocycles. The average Bonchev–Trinajstić information content (AvgIpc) is 2.03. The van der Waals surface area contributed by atoms with E-state index in [2.05, 4.69) is 0 Å². The maximum Gasteiger partial charge on any atom is 0.236 e. The molecule has 0 aromatic heterocycles. The van der Waals surface area contributed by atoms with E-state index in [-0.39, 0.29) is 11.5 Å². The van der Waals surface area contributed by atoms with Crippen LogP contribution in [-0.2, 0) is 30.4 Å². The predicted octanol–water partition coefficient (Wildman–Crippen LogP) is 1.30. The summed E-state index contributed by atoms with van der Waals surface area (Å²) < 4.78 is 43.6. The zero-order chi connectivity index (χ0) is 12.4. The van der Waals surface area contributed by atoms with E-state index in [0.717, 1.165) is 6.26 Å². The second-order valence-corrected chi connectivity index (χ2v) is 8.49. The lowest BCUT2D eigenvalue weighted by molar-refractivity contribution is 0.600. The molecule has 1 aromatic carbocycles. The molecule has 0 bridgehead atoms. The third-order valence-corrected chi connectivity index (χ3v) is 3.65. The van der Waals surface area contributed by atoms with Gasteiger partial charge in [-0.25, -0.2) is 16.8 Å². The van der Waals surface area contributed by atoms with E-state index in [4.69, 9.17) is 10.7 Å². The SMILES string of the molecule is CS(=O)(=O)Cc1ccc(CS(=O)(=O)Cl)cc1. The first-order valence-electron chi connectivity index (χ1n) is 4.34. The van der Waals surface area contributed by atoms with Crippen molar-refractivity contribution in [3.63, 3.8) is 0 Å². The maximum atomic E-state index is 11.0. The van der Waals surface area contributed by atoms with Crippen molar-refractivity contribution in [3.8, 4) is 0 Å². The van der Waals surface area contributed by atoms with E-state index in [0.29, 0.717) is 11.1 Å². The molecule has 0 N–H and O–H groups in total. The van der Waals surface area contributed by atoms with Gasteiger partial charge >= 0.3 is 0 Å². The Morgan fingerprint density at radius 3 is 1.62 bits per heavy atom. The first-order chi connectivity index (χ1) is 7.16. The first kappa shape index (κ1) is 13.5. The number of sulfone groups is 1. The quantitative estimate of drug-likeness (QED) is 0.781. The summed E-state index contributed by atoms with van der Waals surface area (Å²) in [6.45, 7) is 0. The van der Waals surface area contributed by atoms with Gasteiger partial charge in [-0.3, -0.25) is 0 Å². The molecule has 0 aliphatic rings. The van der Waals surface area contributed by atoms with Crippen LogP contribution in [0.25, 0.3) is 0 Å². The summed E-state index contributed by atoms with van der Waals surface area (Å²) in [7, 11) is -1.55. The van der Waals surface area contributed by atoms with Crippen molar-refractivity contribution in [1.29, 1.82) is 0 Å². The third-order valence-electron chi connectivity index (χ3n) is 1.79. The zero-order valence-corrected chi connectivity index (χ0v) is 10.9. The summed E-state index contributed by atoms with van der Waals surface area (Å²) in [5.41, 5.74) is 1.16. The lowest BCUT2D eigenvalue weighted by Gasteiger charge is -2.01. The van der Waals surface area contributed by atoms with E-state index < -0.39 is 18.9 Å². The minimum absolute atomic E-state index is 0.0547. The molecule has 0 atom stereocenters. The topological polar surface area (TPSA) is 68.3 Å². The van der Waals surface area contributed by atoms with E-state index in [9.17, 15) is 16.8 Å². The number of benzene rings is 1. The fourth-order valence-electron chi connectivity index (χ4n) is 1.23. The van der Waals surface area contributed by atoms with Crippen LogP contribution in [0.15, 0.2) is 24.3 Å². The van der Waals surface area contributed by atoms with Gasteiger partial charge in [-0.05, 0) is 11.1 Å². The molecule has 0 aliphatic heterocycles. The summed E-state index contributed by atoms with van der Waals surface area (Å²) in [4.78, 5) is 0. The van der Waals surface area contributed by atoms with Gasteiger partial charge in [0.1, 0.15) is 0 Å². The molecule has 4 nitrogen and oxygen atoms in total. The van der Waals surface area contributed by atoms with Crippen molar-refractivity contribution in [3.05, 3.63) is 35.4 Å². The standard InChI is InChI=1S/C9H11ClO4S2/c1-15(11,12)6-8-2-4-9(5-3-8)7-16(10,13)14/h2-5H,6-7H2,1H3. The maximum absolute atomic E-state index is 11.0. The second kappa shape index (κ2) is 4.73. The molecule has 90 valence electrons. The Morgan fingerprint density at radius 2 is 1.31 bits per heavy atom. The fraction of sp³-hybridized carbons (Fsp3) is 0.333. The van der Waals surface area contributed by atoms with Crippen LogP contribution in [0.3, 0.4) is 0 Å². The second-order valence-electron chi connectivity index (χ2n) is 3.57. The molecule has 0 aliphatic carbocycles. The molecule has 1 rings (SSSR count). The summed E-state index contributed by atoms with van der Waals surface area (Å²) >= 11 is 0. The highest BCUT2D eigenvalue weighted by Gasteiger charge is 2.08. The third kappa shape index (κ3) is 5.48. The number of hydrogen-bond acceptors (Lipinski definition) is 4. The molecule has 7 heteroatoms. The normalized spacial score (nSPS) is 12.6. The Bertz CT molecular complexity index is 505. The summed E-state index contributed by atoms with van der Waals surface area (Å²) in [6, 6.07) is 6.28. The summed E-state index contributed by atoms with van der Waals surface area (Å²) in [6.07, 6.45) is 1.14. The Morgan fingerprint density at radius 1 is 0.938 bits per heavy atom. The van der Waals surface area contributed by atoms with Crippen molar-refractivity contribution in [2.24, 2.45) is 0 Å². The van der Waals surface area contributed by atoms with Crippen molar-refractivity contribution in [2.75, 3.05) is 6.26 Å². The highest BCUT2D eigenvalue weighted by Crippen LogP contribution is 2.12.